The smallest absolute Gasteiger partial charge is 0.149 e. The maximum absolute atomic E-state index is 13.4. The Labute approximate surface area is 127 Å². The second-order valence-corrected chi connectivity index (χ2v) is 5.07. The van der Waals surface area contributed by atoms with E-state index in [0.29, 0.717) is 5.82 Å². The molecule has 0 aliphatic carbocycles. The highest BCUT2D eigenvalue weighted by Gasteiger charge is 2.17. The molecule has 2 aromatic rings. The first-order valence-electron chi connectivity index (χ1n) is 6.69. The van der Waals surface area contributed by atoms with Gasteiger partial charge in [0, 0.05) is 0 Å². The van der Waals surface area contributed by atoms with Gasteiger partial charge in [0.2, 0.25) is 0 Å². The molecule has 0 amide bonds. The van der Waals surface area contributed by atoms with E-state index in [9.17, 15) is 8.78 Å². The molecule has 0 radical (unpaired) electrons. The standard InChI is InChI=1S/C15H16ClF2N3/c1-3-12(10-4-6-11(18)7-5-10)21-15-13(16)14(9(2)17)19-8-20-15/h4-9,12H,3H2,1-2H3,(H,19,20,21). The molecule has 0 bridgehead atoms. The van der Waals surface area contributed by atoms with Gasteiger partial charge in [0.25, 0.3) is 0 Å². The van der Waals surface area contributed by atoms with Crippen molar-refractivity contribution in [2.75, 3.05) is 5.32 Å². The van der Waals surface area contributed by atoms with Crippen molar-refractivity contribution in [1.29, 1.82) is 0 Å². The average Bonchev–Trinajstić information content (AvgIpc) is 2.47. The van der Waals surface area contributed by atoms with Crippen LogP contribution in [0.25, 0.3) is 0 Å². The number of halogens is 3. The molecule has 1 aromatic carbocycles. The highest BCUT2D eigenvalue weighted by Crippen LogP contribution is 2.31. The molecule has 112 valence electrons. The van der Waals surface area contributed by atoms with Gasteiger partial charge in [-0.05, 0) is 31.0 Å². The molecule has 1 aromatic heterocycles. The zero-order chi connectivity index (χ0) is 15.4. The van der Waals surface area contributed by atoms with Crippen LogP contribution in [-0.2, 0) is 0 Å². The van der Waals surface area contributed by atoms with Gasteiger partial charge in [-0.15, -0.1) is 0 Å². The Balaban J connectivity index is 2.27. The van der Waals surface area contributed by atoms with E-state index in [2.05, 4.69) is 15.3 Å². The summed E-state index contributed by atoms with van der Waals surface area (Å²) in [5.74, 6) is 0.0875. The SMILES string of the molecule is CCC(Nc1ncnc(C(C)F)c1Cl)c1ccc(F)cc1. The van der Waals surface area contributed by atoms with Gasteiger partial charge in [0.15, 0.2) is 0 Å². The molecule has 6 heteroatoms. The molecular weight excluding hydrogens is 296 g/mol. The van der Waals surface area contributed by atoms with Crippen molar-refractivity contribution in [3.63, 3.8) is 0 Å². The van der Waals surface area contributed by atoms with Crippen molar-refractivity contribution < 1.29 is 8.78 Å². The lowest BCUT2D eigenvalue weighted by Gasteiger charge is -2.19. The summed E-state index contributed by atoms with van der Waals surface area (Å²) in [7, 11) is 0. The fraction of sp³-hybridized carbons (Fsp3) is 0.333. The minimum Gasteiger partial charge on any atom is -0.362 e. The molecule has 0 saturated carbocycles. The zero-order valence-corrected chi connectivity index (χ0v) is 12.5. The van der Waals surface area contributed by atoms with E-state index < -0.39 is 6.17 Å². The van der Waals surface area contributed by atoms with Crippen molar-refractivity contribution in [1.82, 2.24) is 9.97 Å². The highest BCUT2D eigenvalue weighted by atomic mass is 35.5. The van der Waals surface area contributed by atoms with E-state index in [1.54, 1.807) is 12.1 Å². The van der Waals surface area contributed by atoms with Crippen LogP contribution in [0.3, 0.4) is 0 Å². The number of hydrogen-bond donors (Lipinski definition) is 1. The maximum Gasteiger partial charge on any atom is 0.149 e. The van der Waals surface area contributed by atoms with Crippen molar-refractivity contribution in [3.05, 3.63) is 52.7 Å². The molecule has 0 fully saturated rings. The molecule has 0 saturated heterocycles. The van der Waals surface area contributed by atoms with Crippen LogP contribution in [0.2, 0.25) is 5.02 Å². The summed E-state index contributed by atoms with van der Waals surface area (Å²) in [5.41, 5.74) is 1.06. The number of benzene rings is 1. The Bertz CT molecular complexity index is 602. The average molecular weight is 312 g/mol. The Morgan fingerprint density at radius 3 is 2.48 bits per heavy atom. The van der Waals surface area contributed by atoms with Gasteiger partial charge in [-0.3, -0.25) is 0 Å². The molecule has 2 unspecified atom stereocenters. The maximum atomic E-state index is 13.4. The fourth-order valence-electron chi connectivity index (χ4n) is 2.04. The second-order valence-electron chi connectivity index (χ2n) is 4.69. The molecule has 2 atom stereocenters. The van der Waals surface area contributed by atoms with Gasteiger partial charge in [-0.1, -0.05) is 30.7 Å². The molecule has 0 aliphatic heterocycles. The second kappa shape index (κ2) is 6.80. The van der Waals surface area contributed by atoms with Crippen LogP contribution in [-0.4, -0.2) is 9.97 Å². The number of nitrogens with zero attached hydrogens (tertiary/aromatic N) is 2. The lowest BCUT2D eigenvalue weighted by Crippen LogP contribution is -2.12. The Morgan fingerprint density at radius 1 is 1.24 bits per heavy atom. The highest BCUT2D eigenvalue weighted by molar-refractivity contribution is 6.33. The van der Waals surface area contributed by atoms with Crippen LogP contribution in [0.5, 0.6) is 0 Å². The van der Waals surface area contributed by atoms with Gasteiger partial charge in [-0.25, -0.2) is 18.7 Å². The van der Waals surface area contributed by atoms with E-state index in [0.717, 1.165) is 12.0 Å². The molecule has 1 N–H and O–H groups in total. The lowest BCUT2D eigenvalue weighted by atomic mass is 10.0. The van der Waals surface area contributed by atoms with E-state index in [1.807, 2.05) is 6.92 Å². The number of aromatic nitrogens is 2. The summed E-state index contributed by atoms with van der Waals surface area (Å²) in [6.45, 7) is 3.35. The monoisotopic (exact) mass is 311 g/mol. The molecule has 1 heterocycles. The van der Waals surface area contributed by atoms with E-state index in [4.69, 9.17) is 11.6 Å². The first-order chi connectivity index (χ1) is 10.0. The summed E-state index contributed by atoms with van der Waals surface area (Å²) < 4.78 is 26.4. The van der Waals surface area contributed by atoms with Gasteiger partial charge in [-0.2, -0.15) is 0 Å². The van der Waals surface area contributed by atoms with Crippen molar-refractivity contribution in [3.8, 4) is 0 Å². The van der Waals surface area contributed by atoms with E-state index >= 15 is 0 Å². The van der Waals surface area contributed by atoms with E-state index in [1.165, 1.54) is 25.4 Å². The third kappa shape index (κ3) is 3.67. The van der Waals surface area contributed by atoms with Gasteiger partial charge in [0.05, 0.1) is 11.7 Å². The van der Waals surface area contributed by atoms with Crippen LogP contribution in [0, 0.1) is 5.82 Å². The molecule has 0 aliphatic rings. The van der Waals surface area contributed by atoms with Gasteiger partial charge >= 0.3 is 0 Å². The number of hydrogen-bond acceptors (Lipinski definition) is 3. The van der Waals surface area contributed by atoms with Crippen LogP contribution < -0.4 is 5.32 Å². The third-order valence-electron chi connectivity index (χ3n) is 3.18. The minimum atomic E-state index is -1.27. The Kier molecular flexibility index (Phi) is 5.07. The van der Waals surface area contributed by atoms with Crippen LogP contribution in [0.1, 0.15) is 43.7 Å². The lowest BCUT2D eigenvalue weighted by molar-refractivity contribution is 0.365. The summed E-state index contributed by atoms with van der Waals surface area (Å²) in [6.07, 6.45) is 0.746. The summed E-state index contributed by atoms with van der Waals surface area (Å²) in [4.78, 5) is 7.91. The number of nitrogens with one attached hydrogen (secondary N) is 1. The molecule has 0 spiro atoms. The predicted molar refractivity (Wildman–Crippen MR) is 79.6 cm³/mol. The minimum absolute atomic E-state index is 0.0965. The molecular formula is C15H16ClF2N3. The summed E-state index contributed by atoms with van der Waals surface area (Å²) >= 11 is 6.13. The number of alkyl halides is 1. The topological polar surface area (TPSA) is 37.8 Å². The Morgan fingerprint density at radius 2 is 1.90 bits per heavy atom. The van der Waals surface area contributed by atoms with Crippen LogP contribution >= 0.6 is 11.6 Å². The van der Waals surface area contributed by atoms with E-state index in [-0.39, 0.29) is 22.6 Å². The van der Waals surface area contributed by atoms with Crippen molar-refractivity contribution >= 4 is 17.4 Å². The predicted octanol–water partition coefficient (Wildman–Crippen LogP) is 4.86. The first kappa shape index (κ1) is 15.6. The van der Waals surface area contributed by atoms with Gasteiger partial charge < -0.3 is 5.32 Å². The van der Waals surface area contributed by atoms with Crippen LogP contribution in [0.4, 0.5) is 14.6 Å². The Hall–Kier alpha value is -1.75. The molecule has 3 nitrogen and oxygen atoms in total. The van der Waals surface area contributed by atoms with Crippen LogP contribution in [0.15, 0.2) is 30.6 Å². The molecule has 2 rings (SSSR count). The summed E-state index contributed by atoms with van der Waals surface area (Å²) in [6, 6.07) is 6.10. The first-order valence-corrected chi connectivity index (χ1v) is 7.07. The van der Waals surface area contributed by atoms with Gasteiger partial charge in [0.1, 0.15) is 29.2 Å². The normalized spacial score (nSPS) is 13.8. The summed E-state index contributed by atoms with van der Waals surface area (Å²) in [5, 5.41) is 3.33. The number of anilines is 1. The van der Waals surface area contributed by atoms with Crippen molar-refractivity contribution in [2.24, 2.45) is 0 Å². The zero-order valence-electron chi connectivity index (χ0n) is 11.8. The fourth-order valence-corrected chi connectivity index (χ4v) is 2.35. The van der Waals surface area contributed by atoms with Crippen molar-refractivity contribution in [2.45, 2.75) is 32.5 Å². The largest absolute Gasteiger partial charge is 0.362 e. The third-order valence-corrected chi connectivity index (χ3v) is 3.56. The molecule has 21 heavy (non-hydrogen) atoms. The quantitative estimate of drug-likeness (QED) is 0.856. The number of rotatable bonds is 5.